The van der Waals surface area contributed by atoms with E-state index in [1.54, 1.807) is 0 Å². The summed E-state index contributed by atoms with van der Waals surface area (Å²) in [5.74, 6) is -47.1. The van der Waals surface area contributed by atoms with Gasteiger partial charge in [0.2, 0.25) is 0 Å². The Morgan fingerprint density at radius 1 is 0.515 bits per heavy atom. The fraction of sp³-hybridized carbons (Fsp3) is 0.750. The van der Waals surface area contributed by atoms with Crippen LogP contribution in [0.25, 0.3) is 0 Å². The van der Waals surface area contributed by atoms with Gasteiger partial charge in [-0.05, 0) is 0 Å². The Morgan fingerprint density at radius 2 is 0.788 bits per heavy atom. The predicted octanol–water partition coefficient (Wildman–Crippen LogP) is 6.32. The Morgan fingerprint density at radius 3 is 1.06 bits per heavy atom. The van der Waals surface area contributed by atoms with Crippen LogP contribution in [-0.4, -0.2) is 59.7 Å². The van der Waals surface area contributed by atoms with E-state index in [-0.39, 0.29) is 0 Å². The van der Waals surface area contributed by atoms with E-state index in [1.165, 1.54) is 0 Å². The van der Waals surface area contributed by atoms with Crippen molar-refractivity contribution in [1.82, 2.24) is 0 Å². The minimum absolute atomic E-state index is 0.548. The van der Waals surface area contributed by atoms with Gasteiger partial charge in [0.1, 0.15) is 0 Å². The second-order valence-electron chi connectivity index (χ2n) is 5.67. The molecule has 0 aliphatic heterocycles. The zero-order chi connectivity index (χ0) is 27.5. The number of halogens is 19. The molecule has 0 aliphatic carbocycles. The topological polar surface area (TPSA) is 26.3 Å². The van der Waals surface area contributed by atoms with Crippen molar-refractivity contribution in [1.29, 1.82) is 0 Å². The molecule has 2 nitrogen and oxygen atoms in total. The van der Waals surface area contributed by atoms with Gasteiger partial charge in [-0.3, -0.25) is 0 Å². The molecule has 0 spiro atoms. The number of esters is 1. The summed E-state index contributed by atoms with van der Waals surface area (Å²) in [6.07, 6.45) is -24.6. The number of hydrogen-bond donors (Lipinski definition) is 0. The molecule has 196 valence electrons. The third-order valence-corrected chi connectivity index (χ3v) is 3.55. The van der Waals surface area contributed by atoms with Gasteiger partial charge in [-0.15, -0.1) is 0 Å². The first-order valence-corrected chi connectivity index (χ1v) is 6.90. The second kappa shape index (κ2) is 7.70. The lowest BCUT2D eigenvalue weighted by Crippen LogP contribution is -2.77. The summed E-state index contributed by atoms with van der Waals surface area (Å²) in [5.41, 5.74) is -8.80. The Hall–Kier alpha value is -2.12. The van der Waals surface area contributed by atoms with E-state index < -0.39 is 65.8 Å². The molecule has 0 fully saturated rings. The Kier molecular flexibility index (Phi) is 7.21. The van der Waals surface area contributed by atoms with E-state index in [0.717, 1.165) is 0 Å². The maximum Gasteiger partial charge on any atom is 0.473 e. The molecule has 0 amide bonds. The van der Waals surface area contributed by atoms with Gasteiger partial charge in [0.05, 0.1) is 0 Å². The van der Waals surface area contributed by atoms with E-state index >= 15 is 0 Å². The number of hydrogen-bond acceptors (Lipinski definition) is 2. The van der Waals surface area contributed by atoms with Crippen molar-refractivity contribution in [3.8, 4) is 0 Å². The van der Waals surface area contributed by atoms with Crippen LogP contribution in [0.4, 0.5) is 83.4 Å². The van der Waals surface area contributed by atoms with Crippen LogP contribution in [0.5, 0.6) is 0 Å². The van der Waals surface area contributed by atoms with Crippen LogP contribution >= 0.6 is 0 Å². The SMILES string of the molecule is C=CC(=O)OC(F)(F)C(F)(F)C(F)(F)C(F)(F)C(F)(F)C(F)(F)C(F)(C(F)(F)F)C(F)(F)F. The van der Waals surface area contributed by atoms with Crippen molar-refractivity contribution in [2.24, 2.45) is 0 Å². The lowest BCUT2D eigenvalue weighted by atomic mass is 9.84. The molecule has 0 atom stereocenters. The summed E-state index contributed by atoms with van der Waals surface area (Å²) >= 11 is 0. The Labute approximate surface area is 166 Å². The molecule has 0 saturated heterocycles. The van der Waals surface area contributed by atoms with E-state index in [4.69, 9.17) is 0 Å². The zero-order valence-electron chi connectivity index (χ0n) is 14.3. The Balaban J connectivity index is 7.06. The fourth-order valence-electron chi connectivity index (χ4n) is 1.74. The van der Waals surface area contributed by atoms with Crippen molar-refractivity contribution < 1.29 is 92.9 Å². The van der Waals surface area contributed by atoms with Crippen molar-refractivity contribution in [2.45, 2.75) is 53.7 Å². The van der Waals surface area contributed by atoms with Gasteiger partial charge < -0.3 is 4.74 Å². The monoisotopic (exact) mass is 540 g/mol. The molecule has 33 heavy (non-hydrogen) atoms. The maximum atomic E-state index is 13.4. The van der Waals surface area contributed by atoms with Crippen LogP contribution in [0.3, 0.4) is 0 Å². The largest absolute Gasteiger partial charge is 0.473 e. The maximum absolute atomic E-state index is 13.4. The highest BCUT2D eigenvalue weighted by Crippen LogP contribution is 2.66. The molecule has 0 rings (SSSR count). The molecule has 0 heterocycles. The third kappa shape index (κ3) is 3.93. The van der Waals surface area contributed by atoms with Gasteiger partial charge in [0, 0.05) is 6.08 Å². The number of carbonyl (C=O) groups is 1. The van der Waals surface area contributed by atoms with E-state index in [1.807, 2.05) is 0 Å². The number of ether oxygens (including phenoxy) is 1. The number of rotatable bonds is 8. The lowest BCUT2D eigenvalue weighted by molar-refractivity contribution is -0.481. The highest BCUT2D eigenvalue weighted by Gasteiger charge is 2.98. The minimum Gasteiger partial charge on any atom is -0.393 e. The van der Waals surface area contributed by atoms with Crippen LogP contribution in [0.2, 0.25) is 0 Å². The number of carbonyl (C=O) groups excluding carboxylic acids is 1. The molecule has 0 bridgehead atoms. The molecule has 0 radical (unpaired) electrons. The summed E-state index contributed by atoms with van der Waals surface area (Å²) in [4.78, 5) is 10.4. The highest BCUT2D eigenvalue weighted by atomic mass is 19.4. The fourth-order valence-corrected chi connectivity index (χ4v) is 1.74. The third-order valence-electron chi connectivity index (χ3n) is 3.55. The first kappa shape index (κ1) is 30.9. The lowest BCUT2D eigenvalue weighted by Gasteiger charge is -2.44. The van der Waals surface area contributed by atoms with Crippen LogP contribution in [0, 0.1) is 0 Å². The van der Waals surface area contributed by atoms with E-state index in [9.17, 15) is 88.2 Å². The van der Waals surface area contributed by atoms with Gasteiger partial charge in [-0.25, -0.2) is 9.18 Å². The quantitative estimate of drug-likeness (QED) is 0.205. The Bertz CT molecular complexity index is 744. The normalized spacial score (nSPS) is 16.0. The molecular weight excluding hydrogens is 537 g/mol. The molecular formula is C12H3F19O2. The summed E-state index contributed by atoms with van der Waals surface area (Å²) in [7, 11) is 0. The van der Waals surface area contributed by atoms with Gasteiger partial charge in [0.15, 0.2) is 0 Å². The first-order chi connectivity index (χ1) is 14.0. The van der Waals surface area contributed by atoms with Gasteiger partial charge in [0.25, 0.3) is 0 Å². The van der Waals surface area contributed by atoms with Crippen molar-refractivity contribution in [3.05, 3.63) is 12.7 Å². The molecule has 0 aromatic heterocycles. The first-order valence-electron chi connectivity index (χ1n) is 6.90. The van der Waals surface area contributed by atoms with Crippen molar-refractivity contribution >= 4 is 5.97 Å². The summed E-state index contributed by atoms with van der Waals surface area (Å²) < 4.78 is 248. The molecule has 0 aliphatic rings. The predicted molar refractivity (Wildman–Crippen MR) is 61.9 cm³/mol. The van der Waals surface area contributed by atoms with Crippen LogP contribution < -0.4 is 0 Å². The van der Waals surface area contributed by atoms with E-state index in [0.29, 0.717) is 0 Å². The summed E-state index contributed by atoms with van der Waals surface area (Å²) in [6, 6.07) is 0. The zero-order valence-corrected chi connectivity index (χ0v) is 14.3. The average Bonchev–Trinajstić information content (AvgIpc) is 2.57. The van der Waals surface area contributed by atoms with Gasteiger partial charge >= 0.3 is 59.7 Å². The number of alkyl halides is 19. The molecule has 0 aromatic rings. The van der Waals surface area contributed by atoms with Gasteiger partial charge in [-0.2, -0.15) is 79.0 Å². The van der Waals surface area contributed by atoms with Gasteiger partial charge in [-0.1, -0.05) is 6.58 Å². The molecule has 0 N–H and O–H groups in total. The molecule has 0 saturated carbocycles. The average molecular weight is 540 g/mol. The highest BCUT2D eigenvalue weighted by molar-refractivity contribution is 5.81. The van der Waals surface area contributed by atoms with Crippen LogP contribution in [0.15, 0.2) is 12.7 Å². The summed E-state index contributed by atoms with van der Waals surface area (Å²) in [5, 5.41) is 0. The van der Waals surface area contributed by atoms with Crippen LogP contribution in [-0.2, 0) is 9.53 Å². The van der Waals surface area contributed by atoms with Crippen molar-refractivity contribution in [2.75, 3.05) is 0 Å². The molecule has 21 heteroatoms. The smallest absolute Gasteiger partial charge is 0.393 e. The molecule has 0 aromatic carbocycles. The minimum atomic E-state index is -9.12. The molecule has 0 unspecified atom stereocenters. The van der Waals surface area contributed by atoms with Crippen LogP contribution in [0.1, 0.15) is 0 Å². The van der Waals surface area contributed by atoms with Crippen molar-refractivity contribution in [3.63, 3.8) is 0 Å². The summed E-state index contributed by atoms with van der Waals surface area (Å²) in [6.45, 7) is 2.22. The standard InChI is InChI=1S/C12H3F19O2/c1-2-3(32)33-12(30,31)9(22,23)8(20,21)7(18,19)6(16,17)5(14,15)4(13,10(24,25)26)11(27,28)29/h2H,1H2. The second-order valence-corrected chi connectivity index (χ2v) is 5.67. The van der Waals surface area contributed by atoms with E-state index in [2.05, 4.69) is 11.3 Å².